The molecule has 0 heterocycles. The Morgan fingerprint density at radius 2 is 1.87 bits per heavy atom. The Balaban J connectivity index is 1.96. The molecule has 3 rings (SSSR count). The van der Waals surface area contributed by atoms with Gasteiger partial charge in [0.05, 0.1) is 30.4 Å². The molecule has 0 fully saturated rings. The van der Waals surface area contributed by atoms with Gasteiger partial charge >= 0.3 is 0 Å². The van der Waals surface area contributed by atoms with Crippen molar-refractivity contribution in [1.29, 1.82) is 0 Å². The van der Waals surface area contributed by atoms with Gasteiger partial charge in [-0.1, -0.05) is 26.0 Å². The topological polar surface area (TPSA) is 118 Å². The molecule has 0 bridgehead atoms. The predicted octanol–water partition coefficient (Wildman–Crippen LogP) is 2.95. The lowest BCUT2D eigenvalue weighted by molar-refractivity contribution is -0.141. The van der Waals surface area contributed by atoms with Crippen LogP contribution in [0.15, 0.2) is 54.1 Å². The lowest BCUT2D eigenvalue weighted by atomic mass is 9.87. The molecule has 212 valence electrons. The van der Waals surface area contributed by atoms with Crippen molar-refractivity contribution >= 4 is 34.4 Å². The highest BCUT2D eigenvalue weighted by atomic mass is 127. The molecule has 0 spiro atoms. The van der Waals surface area contributed by atoms with Crippen LogP contribution in [0, 0.1) is 9.49 Å². The third-order valence-corrected chi connectivity index (χ3v) is 7.49. The molecule has 2 amide bonds. The number of benzene rings is 2. The standard InChI is InChI=1S/C29H37IN2O7/c1-18(2)29(36)32(13-11-19-15-21(37-3)9-10-24(19)38-4)23-16-20(28(35)31-12-14-33)17-26(27(23)34)39-25-8-6-5-7-22(25)30/h5-10,15,17-18,23,26-27,33-34H,11-14,16H2,1-4H3,(H,31,35)/t23-,26+,27+/m1/s1. The zero-order valence-electron chi connectivity index (χ0n) is 22.7. The summed E-state index contributed by atoms with van der Waals surface area (Å²) >= 11 is 2.15. The molecule has 9 nitrogen and oxygen atoms in total. The molecule has 3 atom stereocenters. The van der Waals surface area contributed by atoms with Crippen LogP contribution in [0.4, 0.5) is 0 Å². The third-order valence-electron chi connectivity index (χ3n) is 6.60. The van der Waals surface area contributed by atoms with Crippen LogP contribution in [0.25, 0.3) is 0 Å². The van der Waals surface area contributed by atoms with E-state index < -0.39 is 18.2 Å². The smallest absolute Gasteiger partial charge is 0.247 e. The molecule has 2 aromatic rings. The molecule has 0 aromatic heterocycles. The number of methoxy groups -OCH3 is 2. The minimum absolute atomic E-state index is 0.0930. The number of nitrogens with zero attached hydrogens (tertiary/aromatic N) is 1. The highest BCUT2D eigenvalue weighted by Gasteiger charge is 2.41. The van der Waals surface area contributed by atoms with Gasteiger partial charge in [0.1, 0.15) is 29.5 Å². The molecule has 0 saturated carbocycles. The van der Waals surface area contributed by atoms with Gasteiger partial charge in [-0.05, 0) is 71.0 Å². The number of hydrogen-bond donors (Lipinski definition) is 3. The van der Waals surface area contributed by atoms with Gasteiger partial charge in [0.15, 0.2) is 0 Å². The zero-order valence-corrected chi connectivity index (χ0v) is 24.9. The Bertz CT molecular complexity index is 1170. The van der Waals surface area contributed by atoms with E-state index >= 15 is 0 Å². The summed E-state index contributed by atoms with van der Waals surface area (Å²) in [5, 5.41) is 23.4. The van der Waals surface area contributed by atoms with Crippen LogP contribution in [0.5, 0.6) is 17.2 Å². The molecule has 1 aliphatic rings. The summed E-state index contributed by atoms with van der Waals surface area (Å²) < 4.78 is 17.9. The number of rotatable bonds is 12. The van der Waals surface area contributed by atoms with Gasteiger partial charge in [0.2, 0.25) is 11.8 Å². The van der Waals surface area contributed by atoms with Gasteiger partial charge in [-0.25, -0.2) is 0 Å². The average Bonchev–Trinajstić information content (AvgIpc) is 2.94. The number of nitrogens with one attached hydrogen (secondary N) is 1. The van der Waals surface area contributed by atoms with E-state index in [4.69, 9.17) is 14.2 Å². The first kappa shape index (κ1) is 30.7. The minimum atomic E-state index is -1.09. The molecule has 0 saturated heterocycles. The van der Waals surface area contributed by atoms with Crippen molar-refractivity contribution in [2.75, 3.05) is 33.9 Å². The minimum Gasteiger partial charge on any atom is -0.497 e. The second-order valence-electron chi connectivity index (χ2n) is 9.56. The predicted molar refractivity (Wildman–Crippen MR) is 156 cm³/mol. The molecule has 1 aliphatic carbocycles. The maximum Gasteiger partial charge on any atom is 0.247 e. The molecule has 3 N–H and O–H groups in total. The van der Waals surface area contributed by atoms with Crippen LogP contribution >= 0.6 is 22.6 Å². The van der Waals surface area contributed by atoms with E-state index in [2.05, 4.69) is 27.9 Å². The lowest BCUT2D eigenvalue weighted by Gasteiger charge is -2.41. The fourth-order valence-electron chi connectivity index (χ4n) is 4.56. The summed E-state index contributed by atoms with van der Waals surface area (Å²) in [6.45, 7) is 3.79. The zero-order chi connectivity index (χ0) is 28.5. The number of amides is 2. The van der Waals surface area contributed by atoms with Crippen molar-refractivity contribution in [2.45, 2.75) is 44.9 Å². The summed E-state index contributed by atoms with van der Waals surface area (Å²) in [7, 11) is 3.17. The number of ether oxygens (including phenoxy) is 3. The molecule has 0 aliphatic heterocycles. The van der Waals surface area contributed by atoms with Gasteiger partial charge in [-0.2, -0.15) is 0 Å². The quantitative estimate of drug-likeness (QED) is 0.302. The number of aliphatic hydroxyl groups excluding tert-OH is 2. The van der Waals surface area contributed by atoms with E-state index in [1.54, 1.807) is 37.3 Å². The van der Waals surface area contributed by atoms with E-state index in [1.807, 2.05) is 44.2 Å². The fraction of sp³-hybridized carbons (Fsp3) is 0.448. The summed E-state index contributed by atoms with van der Waals surface area (Å²) in [4.78, 5) is 28.1. The molecule has 0 unspecified atom stereocenters. The van der Waals surface area contributed by atoms with Crippen LogP contribution in [0.2, 0.25) is 0 Å². The van der Waals surface area contributed by atoms with Crippen molar-refractivity contribution in [3.63, 3.8) is 0 Å². The second kappa shape index (κ2) is 14.5. The van der Waals surface area contributed by atoms with Crippen molar-refractivity contribution in [3.8, 4) is 17.2 Å². The normalized spacial score (nSPS) is 18.8. The van der Waals surface area contributed by atoms with Crippen LogP contribution in [0.1, 0.15) is 25.8 Å². The van der Waals surface area contributed by atoms with Crippen molar-refractivity contribution < 1.29 is 34.0 Å². The van der Waals surface area contributed by atoms with Crippen molar-refractivity contribution in [2.24, 2.45) is 5.92 Å². The number of hydrogen-bond acceptors (Lipinski definition) is 7. The summed E-state index contributed by atoms with van der Waals surface area (Å²) in [5.74, 6) is 1.05. The van der Waals surface area contributed by atoms with Gasteiger partial charge < -0.3 is 34.6 Å². The first-order chi connectivity index (χ1) is 18.7. The van der Waals surface area contributed by atoms with E-state index in [0.717, 1.165) is 9.13 Å². The van der Waals surface area contributed by atoms with E-state index in [1.165, 1.54) is 0 Å². The Morgan fingerprint density at radius 1 is 1.13 bits per heavy atom. The lowest BCUT2D eigenvalue weighted by Crippen LogP contribution is -2.56. The van der Waals surface area contributed by atoms with E-state index in [9.17, 15) is 19.8 Å². The summed E-state index contributed by atoms with van der Waals surface area (Å²) in [6.07, 6.45) is 0.228. The molecule has 39 heavy (non-hydrogen) atoms. The van der Waals surface area contributed by atoms with Gasteiger partial charge in [0, 0.05) is 31.0 Å². The van der Waals surface area contributed by atoms with E-state index in [0.29, 0.717) is 29.2 Å². The highest BCUT2D eigenvalue weighted by molar-refractivity contribution is 14.1. The summed E-state index contributed by atoms with van der Waals surface area (Å²) in [5.41, 5.74) is 1.24. The van der Waals surface area contributed by atoms with Crippen LogP contribution in [-0.4, -0.2) is 79.1 Å². The molecule has 10 heteroatoms. The van der Waals surface area contributed by atoms with Gasteiger partial charge in [-0.3, -0.25) is 9.59 Å². The molecule has 0 radical (unpaired) electrons. The van der Waals surface area contributed by atoms with E-state index in [-0.39, 0.29) is 43.8 Å². The average molecular weight is 653 g/mol. The van der Waals surface area contributed by atoms with Crippen LogP contribution < -0.4 is 19.5 Å². The number of carbonyl (C=O) groups excluding carboxylic acids is 2. The van der Waals surface area contributed by atoms with Gasteiger partial charge in [-0.15, -0.1) is 0 Å². The summed E-state index contributed by atoms with van der Waals surface area (Å²) in [6, 6.07) is 12.2. The molecular weight excluding hydrogens is 615 g/mol. The molecule has 2 aromatic carbocycles. The second-order valence-corrected chi connectivity index (χ2v) is 10.7. The maximum absolute atomic E-state index is 13.5. The fourth-order valence-corrected chi connectivity index (χ4v) is 5.07. The number of carbonyl (C=O) groups is 2. The largest absolute Gasteiger partial charge is 0.497 e. The Hall–Kier alpha value is -2.83. The number of halogens is 1. The Kier molecular flexibility index (Phi) is 11.4. The molecular formula is C29H37IN2O7. The maximum atomic E-state index is 13.5. The SMILES string of the molecule is COc1ccc(OC)c(CCN(C(=O)C(C)C)[C@@H]2CC(C(=O)NCCO)=C[C@H](Oc3ccccc3I)[C@H]2O)c1. The van der Waals surface area contributed by atoms with Crippen LogP contribution in [0.3, 0.4) is 0 Å². The van der Waals surface area contributed by atoms with Crippen LogP contribution in [-0.2, 0) is 16.0 Å². The first-order valence-corrected chi connectivity index (χ1v) is 14.0. The van der Waals surface area contributed by atoms with Crippen molar-refractivity contribution in [3.05, 3.63) is 63.2 Å². The first-order valence-electron chi connectivity index (χ1n) is 12.9. The monoisotopic (exact) mass is 652 g/mol. The van der Waals surface area contributed by atoms with Gasteiger partial charge in [0.25, 0.3) is 0 Å². The Morgan fingerprint density at radius 3 is 2.51 bits per heavy atom. The number of aliphatic hydroxyl groups is 2. The number of para-hydroxylation sites is 1. The third kappa shape index (κ3) is 7.86. The Labute approximate surface area is 243 Å². The van der Waals surface area contributed by atoms with Crippen molar-refractivity contribution in [1.82, 2.24) is 10.2 Å². The highest BCUT2D eigenvalue weighted by Crippen LogP contribution is 2.31.